The fourth-order valence-electron chi connectivity index (χ4n) is 2.62. The first-order chi connectivity index (χ1) is 12.8. The van der Waals surface area contributed by atoms with Gasteiger partial charge in [0.25, 0.3) is 0 Å². The summed E-state index contributed by atoms with van der Waals surface area (Å²) in [6.07, 6.45) is -0.0604. The number of rotatable bonds is 6. The van der Waals surface area contributed by atoms with Crippen molar-refractivity contribution < 1.29 is 14.2 Å². The van der Waals surface area contributed by atoms with Crippen LogP contribution >= 0.6 is 0 Å². The van der Waals surface area contributed by atoms with Crippen LogP contribution in [0.3, 0.4) is 0 Å². The molecule has 2 aromatic carbocycles. The third-order valence-corrected chi connectivity index (χ3v) is 3.99. The molecule has 0 amide bonds. The molecule has 0 fully saturated rings. The molecule has 0 radical (unpaired) electrons. The van der Waals surface area contributed by atoms with Crippen molar-refractivity contribution in [3.05, 3.63) is 54.1 Å². The smallest absolute Gasteiger partial charge is 0.191 e. The zero-order valence-corrected chi connectivity index (χ0v) is 15.2. The van der Waals surface area contributed by atoms with E-state index in [0.29, 0.717) is 19.7 Å². The summed E-state index contributed by atoms with van der Waals surface area (Å²) in [6, 6.07) is 15.6. The molecule has 0 saturated heterocycles. The molecule has 2 aromatic rings. The Kier molecular flexibility index (Phi) is 6.19. The van der Waals surface area contributed by atoms with Gasteiger partial charge in [0.2, 0.25) is 0 Å². The number of nitrogens with zero attached hydrogens (tertiary/aromatic N) is 1. The Labute approximate surface area is 154 Å². The highest BCUT2D eigenvalue weighted by atomic mass is 16.6. The molecule has 0 bridgehead atoms. The molecule has 0 aromatic heterocycles. The monoisotopic (exact) mass is 355 g/mol. The van der Waals surface area contributed by atoms with Crippen molar-refractivity contribution in [1.29, 1.82) is 0 Å². The van der Waals surface area contributed by atoms with Crippen LogP contribution in [0.1, 0.15) is 12.5 Å². The lowest BCUT2D eigenvalue weighted by Crippen LogP contribution is -2.45. The summed E-state index contributed by atoms with van der Waals surface area (Å²) >= 11 is 0. The maximum absolute atomic E-state index is 5.96. The molecular weight excluding hydrogens is 330 g/mol. The summed E-state index contributed by atoms with van der Waals surface area (Å²) in [5.74, 6) is 3.18. The molecule has 6 nitrogen and oxygen atoms in total. The highest BCUT2D eigenvalue weighted by molar-refractivity contribution is 5.79. The fraction of sp³-hybridized carbons (Fsp3) is 0.350. The minimum Gasteiger partial charge on any atom is -0.497 e. The minimum atomic E-state index is -0.0604. The van der Waals surface area contributed by atoms with E-state index < -0.39 is 0 Å². The maximum Gasteiger partial charge on any atom is 0.191 e. The Hall–Kier alpha value is -2.89. The number of ether oxygens (including phenoxy) is 3. The lowest BCUT2D eigenvalue weighted by atomic mass is 10.2. The van der Waals surface area contributed by atoms with E-state index in [2.05, 4.69) is 15.6 Å². The molecule has 1 atom stereocenters. The van der Waals surface area contributed by atoms with E-state index >= 15 is 0 Å². The van der Waals surface area contributed by atoms with Crippen molar-refractivity contribution in [2.75, 3.05) is 26.8 Å². The first-order valence-electron chi connectivity index (χ1n) is 8.82. The van der Waals surface area contributed by atoms with Gasteiger partial charge in [0.1, 0.15) is 18.5 Å². The second-order valence-corrected chi connectivity index (χ2v) is 5.92. The number of aliphatic imine (C=N–C) groups is 1. The minimum absolute atomic E-state index is 0.0604. The van der Waals surface area contributed by atoms with Gasteiger partial charge in [-0.1, -0.05) is 24.3 Å². The zero-order chi connectivity index (χ0) is 18.2. The van der Waals surface area contributed by atoms with Gasteiger partial charge in [-0.2, -0.15) is 0 Å². The van der Waals surface area contributed by atoms with Gasteiger partial charge < -0.3 is 24.8 Å². The van der Waals surface area contributed by atoms with Gasteiger partial charge in [0.15, 0.2) is 17.5 Å². The summed E-state index contributed by atoms with van der Waals surface area (Å²) in [5, 5.41) is 6.58. The molecule has 2 N–H and O–H groups in total. The average Bonchev–Trinajstić information content (AvgIpc) is 2.70. The molecule has 0 saturated carbocycles. The molecule has 1 aliphatic rings. The molecule has 1 aliphatic heterocycles. The van der Waals surface area contributed by atoms with Gasteiger partial charge in [0.05, 0.1) is 20.2 Å². The molecule has 1 heterocycles. The number of hydrogen-bond acceptors (Lipinski definition) is 4. The predicted molar refractivity (Wildman–Crippen MR) is 102 cm³/mol. The first kappa shape index (κ1) is 17.9. The van der Waals surface area contributed by atoms with Crippen LogP contribution in [0.4, 0.5) is 0 Å². The third-order valence-electron chi connectivity index (χ3n) is 3.99. The van der Waals surface area contributed by atoms with Crippen LogP contribution in [-0.2, 0) is 6.54 Å². The molecule has 3 rings (SSSR count). The third kappa shape index (κ3) is 4.81. The number of guanidine groups is 1. The summed E-state index contributed by atoms with van der Waals surface area (Å²) in [7, 11) is 1.66. The predicted octanol–water partition coefficient (Wildman–Crippen LogP) is 2.59. The number of benzene rings is 2. The van der Waals surface area contributed by atoms with Crippen molar-refractivity contribution in [2.45, 2.75) is 19.6 Å². The highest BCUT2D eigenvalue weighted by Crippen LogP contribution is 2.30. The average molecular weight is 355 g/mol. The Morgan fingerprint density at radius 3 is 2.62 bits per heavy atom. The van der Waals surface area contributed by atoms with Crippen molar-refractivity contribution >= 4 is 5.96 Å². The second-order valence-electron chi connectivity index (χ2n) is 5.92. The van der Waals surface area contributed by atoms with Gasteiger partial charge in [-0.3, -0.25) is 0 Å². The molecule has 138 valence electrons. The highest BCUT2D eigenvalue weighted by Gasteiger charge is 2.20. The van der Waals surface area contributed by atoms with Crippen LogP contribution in [0.2, 0.25) is 0 Å². The normalized spacial score (nSPS) is 16.1. The largest absolute Gasteiger partial charge is 0.497 e. The van der Waals surface area contributed by atoms with Gasteiger partial charge >= 0.3 is 0 Å². The first-order valence-corrected chi connectivity index (χ1v) is 8.82. The van der Waals surface area contributed by atoms with Gasteiger partial charge in [-0.15, -0.1) is 0 Å². The molecular formula is C20H25N3O3. The number of fused-ring (bicyclic) bond motifs is 1. The number of nitrogens with one attached hydrogen (secondary N) is 2. The van der Waals surface area contributed by atoms with Gasteiger partial charge in [-0.25, -0.2) is 4.99 Å². The summed E-state index contributed by atoms with van der Waals surface area (Å²) in [4.78, 5) is 4.63. The number of methoxy groups -OCH3 is 1. The van der Waals surface area contributed by atoms with Crippen molar-refractivity contribution in [2.24, 2.45) is 4.99 Å². The van der Waals surface area contributed by atoms with Crippen molar-refractivity contribution in [3.8, 4) is 17.2 Å². The second kappa shape index (κ2) is 8.99. The summed E-state index contributed by atoms with van der Waals surface area (Å²) in [5.41, 5.74) is 1.12. The molecule has 6 heteroatoms. The topological polar surface area (TPSA) is 64.1 Å². The van der Waals surface area contributed by atoms with Crippen LogP contribution in [0.5, 0.6) is 17.2 Å². The lowest BCUT2D eigenvalue weighted by Gasteiger charge is -2.27. The van der Waals surface area contributed by atoms with Crippen molar-refractivity contribution in [3.63, 3.8) is 0 Å². The summed E-state index contributed by atoms with van der Waals surface area (Å²) < 4.78 is 16.9. The van der Waals surface area contributed by atoms with Crippen LogP contribution in [-0.4, -0.2) is 38.9 Å². The van der Waals surface area contributed by atoms with Crippen LogP contribution in [0.25, 0.3) is 0 Å². The molecule has 0 aliphatic carbocycles. The lowest BCUT2D eigenvalue weighted by molar-refractivity contribution is 0.0936. The van der Waals surface area contributed by atoms with E-state index in [-0.39, 0.29) is 6.10 Å². The maximum atomic E-state index is 5.96. The number of hydrogen-bond donors (Lipinski definition) is 2. The van der Waals surface area contributed by atoms with Crippen LogP contribution in [0, 0.1) is 0 Å². The Balaban J connectivity index is 1.54. The quantitative estimate of drug-likeness (QED) is 0.616. The van der Waals surface area contributed by atoms with Crippen LogP contribution < -0.4 is 24.8 Å². The van der Waals surface area contributed by atoms with Gasteiger partial charge in [-0.05, 0) is 36.8 Å². The van der Waals surface area contributed by atoms with Gasteiger partial charge in [0, 0.05) is 6.54 Å². The SMILES string of the molecule is CCNC(=NCc1ccc(OC)cc1)NCC1COc2ccccc2O1. The van der Waals surface area contributed by atoms with Crippen molar-refractivity contribution in [1.82, 2.24) is 10.6 Å². The molecule has 1 unspecified atom stereocenters. The Morgan fingerprint density at radius 1 is 1.12 bits per heavy atom. The van der Waals surface area contributed by atoms with E-state index in [4.69, 9.17) is 14.2 Å². The van der Waals surface area contributed by atoms with Crippen LogP contribution in [0.15, 0.2) is 53.5 Å². The van der Waals surface area contributed by atoms with E-state index in [9.17, 15) is 0 Å². The molecule has 26 heavy (non-hydrogen) atoms. The number of para-hydroxylation sites is 2. The van der Waals surface area contributed by atoms with E-state index in [1.807, 2.05) is 55.5 Å². The molecule has 0 spiro atoms. The standard InChI is InChI=1S/C20H25N3O3/c1-3-21-20(22-12-15-8-10-16(24-2)11-9-15)23-13-17-14-25-18-6-4-5-7-19(18)26-17/h4-11,17H,3,12-14H2,1-2H3,(H2,21,22,23). The Bertz CT molecular complexity index is 731. The van der Waals surface area contributed by atoms with E-state index in [1.165, 1.54) is 0 Å². The summed E-state index contributed by atoms with van der Waals surface area (Å²) in [6.45, 7) is 4.55. The zero-order valence-electron chi connectivity index (χ0n) is 15.2. The van der Waals surface area contributed by atoms with E-state index in [1.54, 1.807) is 7.11 Å². The van der Waals surface area contributed by atoms with E-state index in [0.717, 1.165) is 35.3 Å². The fourth-order valence-corrected chi connectivity index (χ4v) is 2.62. The Morgan fingerprint density at radius 2 is 1.88 bits per heavy atom.